The van der Waals surface area contributed by atoms with Crippen molar-refractivity contribution in [3.05, 3.63) is 58.8 Å². The van der Waals surface area contributed by atoms with Gasteiger partial charge < -0.3 is 24.0 Å². The van der Waals surface area contributed by atoms with Crippen LogP contribution in [0.5, 0.6) is 0 Å². The fourth-order valence-corrected chi connectivity index (χ4v) is 5.32. The van der Waals surface area contributed by atoms with Crippen LogP contribution < -0.4 is 20.3 Å². The summed E-state index contributed by atoms with van der Waals surface area (Å²) < 4.78 is 9.16. The first kappa shape index (κ1) is 22.6. The number of aryl methyl sites for hydroxylation is 3. The molecule has 0 atom stereocenters. The predicted molar refractivity (Wildman–Crippen MR) is 144 cm³/mol. The minimum Gasteiger partial charge on any atom is -0.378 e. The van der Waals surface area contributed by atoms with Crippen LogP contribution in [0.15, 0.2) is 47.7 Å². The third kappa shape index (κ3) is 3.71. The van der Waals surface area contributed by atoms with E-state index in [4.69, 9.17) is 9.72 Å². The Labute approximate surface area is 210 Å². The third-order valence-corrected chi connectivity index (χ3v) is 7.38. The van der Waals surface area contributed by atoms with Crippen molar-refractivity contribution < 1.29 is 4.74 Å². The van der Waals surface area contributed by atoms with Crippen LogP contribution in [-0.4, -0.2) is 65.8 Å². The number of hydrogen-bond donors (Lipinski definition) is 0. The molecule has 9 heteroatoms. The number of morpholine rings is 1. The quantitative estimate of drug-likeness (QED) is 0.442. The van der Waals surface area contributed by atoms with Gasteiger partial charge >= 0.3 is 0 Å². The molecule has 0 radical (unpaired) electrons. The zero-order valence-electron chi connectivity index (χ0n) is 21.2. The standard InChI is InChI=1S/C27H31N7O2/c1-18-11-21-23(32(4)27(18)35)12-20(33-7-9-36-10-8-33)13-24(21)34-6-5-30(2)25-14-22(28-16-26(25)34)19-15-29-31(3)17-19/h11-17H,5-10H2,1-4H3. The Balaban J connectivity index is 1.54. The van der Waals surface area contributed by atoms with Crippen molar-refractivity contribution in [2.24, 2.45) is 14.1 Å². The normalized spacial score (nSPS) is 16.1. The molecule has 0 aliphatic carbocycles. The highest BCUT2D eigenvalue weighted by molar-refractivity contribution is 5.99. The van der Waals surface area contributed by atoms with E-state index in [-0.39, 0.29) is 5.56 Å². The number of nitrogens with zero attached hydrogens (tertiary/aromatic N) is 7. The number of hydrogen-bond acceptors (Lipinski definition) is 7. The van der Waals surface area contributed by atoms with Crippen molar-refractivity contribution >= 4 is 33.7 Å². The average Bonchev–Trinajstić information content (AvgIpc) is 3.34. The Morgan fingerprint density at radius 2 is 1.69 bits per heavy atom. The summed E-state index contributed by atoms with van der Waals surface area (Å²) in [5.74, 6) is 0. The number of aromatic nitrogens is 4. The van der Waals surface area contributed by atoms with Crippen LogP contribution >= 0.6 is 0 Å². The molecular weight excluding hydrogens is 454 g/mol. The van der Waals surface area contributed by atoms with Crippen LogP contribution in [0.1, 0.15) is 5.56 Å². The summed E-state index contributed by atoms with van der Waals surface area (Å²) in [6.07, 6.45) is 5.80. The molecule has 9 nitrogen and oxygen atoms in total. The molecule has 1 saturated heterocycles. The number of likely N-dealkylation sites (N-methyl/N-ethyl adjacent to an activating group) is 1. The molecule has 2 aliphatic heterocycles. The number of pyridine rings is 2. The second-order valence-corrected chi connectivity index (χ2v) is 9.72. The first-order valence-electron chi connectivity index (χ1n) is 12.4. The lowest BCUT2D eigenvalue weighted by molar-refractivity contribution is 0.122. The van der Waals surface area contributed by atoms with Crippen molar-refractivity contribution in [3.63, 3.8) is 0 Å². The third-order valence-electron chi connectivity index (χ3n) is 7.38. The summed E-state index contributed by atoms with van der Waals surface area (Å²) in [5, 5.41) is 5.38. The zero-order valence-corrected chi connectivity index (χ0v) is 21.2. The smallest absolute Gasteiger partial charge is 0.253 e. The number of ether oxygens (including phenoxy) is 1. The van der Waals surface area contributed by atoms with Gasteiger partial charge in [0.1, 0.15) is 0 Å². The first-order chi connectivity index (χ1) is 17.4. The minimum atomic E-state index is 0.0362. The van der Waals surface area contributed by atoms with E-state index in [2.05, 4.69) is 45.0 Å². The summed E-state index contributed by atoms with van der Waals surface area (Å²) >= 11 is 0. The van der Waals surface area contributed by atoms with Crippen molar-refractivity contribution in [3.8, 4) is 11.3 Å². The second kappa shape index (κ2) is 8.67. The van der Waals surface area contributed by atoms with E-state index in [0.717, 1.165) is 76.7 Å². The van der Waals surface area contributed by atoms with E-state index >= 15 is 0 Å². The maximum Gasteiger partial charge on any atom is 0.253 e. The highest BCUT2D eigenvalue weighted by Crippen LogP contribution is 2.42. The van der Waals surface area contributed by atoms with E-state index in [1.807, 2.05) is 45.7 Å². The van der Waals surface area contributed by atoms with Gasteiger partial charge in [0.05, 0.1) is 53.9 Å². The van der Waals surface area contributed by atoms with Crippen molar-refractivity contribution in [2.75, 3.05) is 61.1 Å². The molecule has 186 valence electrons. The summed E-state index contributed by atoms with van der Waals surface area (Å²) in [4.78, 5) is 24.7. The van der Waals surface area contributed by atoms with Crippen LogP contribution in [0, 0.1) is 6.92 Å². The van der Waals surface area contributed by atoms with Crippen molar-refractivity contribution in [2.45, 2.75) is 6.92 Å². The molecule has 5 heterocycles. The number of fused-ring (bicyclic) bond motifs is 2. The minimum absolute atomic E-state index is 0.0362. The van der Waals surface area contributed by atoms with E-state index in [1.54, 1.807) is 9.25 Å². The van der Waals surface area contributed by atoms with Crippen LogP contribution in [0.25, 0.3) is 22.2 Å². The second-order valence-electron chi connectivity index (χ2n) is 9.72. The Hall–Kier alpha value is -3.85. The van der Waals surface area contributed by atoms with E-state index in [1.165, 1.54) is 0 Å². The Bertz CT molecular complexity index is 1520. The molecule has 36 heavy (non-hydrogen) atoms. The number of rotatable bonds is 3. The molecule has 6 rings (SSSR count). The number of benzene rings is 1. The lowest BCUT2D eigenvalue weighted by Gasteiger charge is -2.38. The summed E-state index contributed by atoms with van der Waals surface area (Å²) in [6, 6.07) is 8.59. The molecule has 1 fully saturated rings. The fourth-order valence-electron chi connectivity index (χ4n) is 5.32. The highest BCUT2D eigenvalue weighted by Gasteiger charge is 2.26. The summed E-state index contributed by atoms with van der Waals surface area (Å²) in [5.41, 5.74) is 8.00. The van der Waals surface area contributed by atoms with E-state index in [9.17, 15) is 4.79 Å². The van der Waals surface area contributed by atoms with Crippen LogP contribution in [0.3, 0.4) is 0 Å². The van der Waals surface area contributed by atoms with Gasteiger partial charge in [-0.3, -0.25) is 14.5 Å². The zero-order chi connectivity index (χ0) is 25.0. The Morgan fingerprint density at radius 1 is 0.889 bits per heavy atom. The lowest BCUT2D eigenvalue weighted by atomic mass is 10.1. The molecule has 0 saturated carbocycles. The van der Waals surface area contributed by atoms with Gasteiger partial charge in [-0.1, -0.05) is 0 Å². The molecule has 3 aromatic heterocycles. The van der Waals surface area contributed by atoms with Crippen molar-refractivity contribution in [1.82, 2.24) is 19.3 Å². The van der Waals surface area contributed by atoms with Gasteiger partial charge in [-0.15, -0.1) is 0 Å². The van der Waals surface area contributed by atoms with Gasteiger partial charge in [-0.2, -0.15) is 5.10 Å². The highest BCUT2D eigenvalue weighted by atomic mass is 16.5. The van der Waals surface area contributed by atoms with Crippen LogP contribution in [-0.2, 0) is 18.8 Å². The Kier molecular flexibility index (Phi) is 5.44. The van der Waals surface area contributed by atoms with Gasteiger partial charge in [0.2, 0.25) is 0 Å². The summed E-state index contributed by atoms with van der Waals surface area (Å²) in [6.45, 7) is 6.66. The van der Waals surface area contributed by atoms with Gasteiger partial charge in [0.15, 0.2) is 0 Å². The fraction of sp³-hybridized carbons (Fsp3) is 0.370. The largest absolute Gasteiger partial charge is 0.378 e. The molecule has 0 unspecified atom stereocenters. The molecule has 4 aromatic rings. The Morgan fingerprint density at radius 3 is 2.44 bits per heavy atom. The lowest BCUT2D eigenvalue weighted by Crippen LogP contribution is -2.38. The van der Waals surface area contributed by atoms with Crippen LogP contribution in [0.2, 0.25) is 0 Å². The molecule has 1 aromatic carbocycles. The maximum atomic E-state index is 12.9. The van der Waals surface area contributed by atoms with Crippen molar-refractivity contribution in [1.29, 1.82) is 0 Å². The molecule has 0 amide bonds. The molecular formula is C27H31N7O2. The SMILES string of the molecule is Cc1cc2c(N3CCN(C)c4cc(-c5cnn(C)c5)ncc43)cc(N3CCOCC3)cc2n(C)c1=O. The summed E-state index contributed by atoms with van der Waals surface area (Å²) in [7, 11) is 5.90. The van der Waals surface area contributed by atoms with Gasteiger partial charge in [0.25, 0.3) is 5.56 Å². The van der Waals surface area contributed by atoms with Gasteiger partial charge in [0, 0.05) is 75.7 Å². The number of anilines is 4. The predicted octanol–water partition coefficient (Wildman–Crippen LogP) is 3.07. The topological polar surface area (TPSA) is 71.7 Å². The van der Waals surface area contributed by atoms with E-state index < -0.39 is 0 Å². The molecule has 0 spiro atoms. The monoisotopic (exact) mass is 485 g/mol. The molecule has 0 N–H and O–H groups in total. The van der Waals surface area contributed by atoms with Crippen LogP contribution in [0.4, 0.5) is 22.7 Å². The van der Waals surface area contributed by atoms with Gasteiger partial charge in [-0.25, -0.2) is 0 Å². The molecule has 0 bridgehead atoms. The maximum absolute atomic E-state index is 12.9. The van der Waals surface area contributed by atoms with Gasteiger partial charge in [-0.05, 0) is 31.2 Å². The average molecular weight is 486 g/mol. The van der Waals surface area contributed by atoms with E-state index in [0.29, 0.717) is 13.2 Å². The molecule has 2 aliphatic rings. The first-order valence-corrected chi connectivity index (χ1v) is 12.4.